The molecule has 0 atom stereocenters. The first kappa shape index (κ1) is 18.2. The number of anilines is 3. The molecule has 2 heterocycles. The minimum atomic E-state index is -0.498. The molecule has 2 aromatic rings. The van der Waals surface area contributed by atoms with Crippen LogP contribution in [0.4, 0.5) is 23.3 Å². The highest BCUT2D eigenvalue weighted by atomic mass is 16.7. The molecule has 11 heteroatoms. The van der Waals surface area contributed by atoms with E-state index in [0.717, 1.165) is 0 Å². The van der Waals surface area contributed by atoms with Crippen molar-refractivity contribution in [2.45, 2.75) is 0 Å². The summed E-state index contributed by atoms with van der Waals surface area (Å²) in [5, 5.41) is 15.4. The van der Waals surface area contributed by atoms with Crippen molar-refractivity contribution in [3.05, 3.63) is 33.9 Å². The van der Waals surface area contributed by atoms with Crippen molar-refractivity contribution < 1.29 is 14.4 Å². The molecule has 11 nitrogen and oxygen atoms in total. The quantitative estimate of drug-likeness (QED) is 0.458. The monoisotopic (exact) mass is 373 g/mol. The van der Waals surface area contributed by atoms with Gasteiger partial charge in [0.05, 0.1) is 22.8 Å². The molecule has 0 bridgehead atoms. The molecular weight excluding hydrogens is 354 g/mol. The number of rotatable bonds is 6. The Morgan fingerprint density at radius 2 is 1.85 bits per heavy atom. The van der Waals surface area contributed by atoms with E-state index in [4.69, 9.17) is 9.47 Å². The number of hydrogen-bond acceptors (Lipinski definition) is 10. The lowest BCUT2D eigenvalue weighted by Crippen LogP contribution is -2.17. The zero-order valence-corrected chi connectivity index (χ0v) is 15.3. The molecule has 1 aromatic heterocycles. The van der Waals surface area contributed by atoms with Crippen molar-refractivity contribution in [3.63, 3.8) is 0 Å². The molecule has 1 N–H and O–H groups in total. The lowest BCUT2D eigenvalue weighted by Gasteiger charge is -2.16. The Bertz CT molecular complexity index is 872. The van der Waals surface area contributed by atoms with Gasteiger partial charge in [0.25, 0.3) is 5.69 Å². The summed E-state index contributed by atoms with van der Waals surface area (Å²) in [6, 6.07) is 4.56. The second kappa shape index (κ2) is 7.32. The van der Waals surface area contributed by atoms with Crippen LogP contribution in [0, 0.1) is 10.1 Å². The van der Waals surface area contributed by atoms with Gasteiger partial charge in [-0.15, -0.1) is 0 Å². The maximum absolute atomic E-state index is 11.3. The summed E-state index contributed by atoms with van der Waals surface area (Å²) in [5.41, 5.74) is 2.94. The number of nitro groups is 1. The first-order valence-corrected chi connectivity index (χ1v) is 7.96. The Morgan fingerprint density at radius 1 is 1.15 bits per heavy atom. The third kappa shape index (κ3) is 3.97. The van der Waals surface area contributed by atoms with Crippen LogP contribution in [-0.4, -0.2) is 56.1 Å². The third-order valence-corrected chi connectivity index (χ3v) is 3.66. The molecule has 1 aromatic carbocycles. The van der Waals surface area contributed by atoms with Crippen LogP contribution in [0.15, 0.2) is 23.3 Å². The molecule has 0 unspecified atom stereocenters. The molecule has 0 spiro atoms. The first-order chi connectivity index (χ1) is 12.8. The number of benzene rings is 1. The van der Waals surface area contributed by atoms with Crippen LogP contribution in [0.1, 0.15) is 5.56 Å². The maximum atomic E-state index is 11.3. The van der Waals surface area contributed by atoms with E-state index in [2.05, 4.69) is 20.5 Å². The second-order valence-electron chi connectivity index (χ2n) is 6.09. The van der Waals surface area contributed by atoms with Crippen molar-refractivity contribution in [1.82, 2.24) is 9.97 Å². The number of nitro benzene ring substituents is 1. The van der Waals surface area contributed by atoms with Gasteiger partial charge in [-0.2, -0.15) is 15.1 Å². The Labute approximate surface area is 155 Å². The fraction of sp³-hybridized carbons (Fsp3) is 0.312. The van der Waals surface area contributed by atoms with E-state index in [-0.39, 0.29) is 18.0 Å². The molecule has 0 saturated carbocycles. The third-order valence-electron chi connectivity index (χ3n) is 3.66. The van der Waals surface area contributed by atoms with Crippen molar-refractivity contribution in [2.75, 3.05) is 50.2 Å². The van der Waals surface area contributed by atoms with Gasteiger partial charge in [-0.05, 0) is 6.07 Å². The number of hydrazone groups is 1. The van der Waals surface area contributed by atoms with Gasteiger partial charge in [0, 0.05) is 34.3 Å². The number of nitrogens with one attached hydrogen (secondary N) is 1. The average molecular weight is 373 g/mol. The molecule has 1 aliphatic heterocycles. The summed E-state index contributed by atoms with van der Waals surface area (Å²) in [5.74, 6) is 2.44. The fourth-order valence-electron chi connectivity index (χ4n) is 2.28. The lowest BCUT2D eigenvalue weighted by atomic mass is 10.1. The van der Waals surface area contributed by atoms with Crippen LogP contribution in [0.3, 0.4) is 0 Å². The van der Waals surface area contributed by atoms with E-state index in [1.54, 1.807) is 11.0 Å². The molecule has 0 fully saturated rings. The predicted octanol–water partition coefficient (Wildman–Crippen LogP) is 1.69. The first-order valence-electron chi connectivity index (χ1n) is 7.96. The topological polar surface area (TPSA) is 118 Å². The standard InChI is InChI=1S/C16H19N7O4/c1-21(2)15-7-14(18-16(19-15)22(3)4)20-17-8-10-5-12-13(27-9-26-12)6-11(10)23(24)25/h5-8H,9H2,1-4H3,(H,18,19,20)/b17-8-. The number of hydrogen-bond donors (Lipinski definition) is 1. The minimum absolute atomic E-state index is 0.0346. The van der Waals surface area contributed by atoms with Gasteiger partial charge in [0.1, 0.15) is 5.82 Å². The van der Waals surface area contributed by atoms with Gasteiger partial charge in [0.2, 0.25) is 12.7 Å². The second-order valence-corrected chi connectivity index (χ2v) is 6.09. The molecule has 27 heavy (non-hydrogen) atoms. The van der Waals surface area contributed by atoms with Gasteiger partial charge in [-0.1, -0.05) is 0 Å². The van der Waals surface area contributed by atoms with E-state index in [1.807, 2.05) is 33.1 Å². The molecular formula is C16H19N7O4. The summed E-state index contributed by atoms with van der Waals surface area (Å²) in [6.07, 6.45) is 1.34. The van der Waals surface area contributed by atoms with Crippen LogP contribution in [0.2, 0.25) is 0 Å². The number of aromatic nitrogens is 2. The molecule has 142 valence electrons. The summed E-state index contributed by atoms with van der Waals surface area (Å²) in [4.78, 5) is 23.2. The van der Waals surface area contributed by atoms with Crippen molar-refractivity contribution in [3.8, 4) is 11.5 Å². The van der Waals surface area contributed by atoms with E-state index < -0.39 is 4.92 Å². The van der Waals surface area contributed by atoms with Crippen LogP contribution < -0.4 is 24.7 Å². The Balaban J connectivity index is 1.87. The van der Waals surface area contributed by atoms with Crippen LogP contribution in [0.5, 0.6) is 11.5 Å². The molecule has 1 aliphatic rings. The van der Waals surface area contributed by atoms with Crippen molar-refractivity contribution in [1.29, 1.82) is 0 Å². The molecule has 3 rings (SSSR count). The Kier molecular flexibility index (Phi) is 4.92. The highest BCUT2D eigenvalue weighted by Crippen LogP contribution is 2.37. The zero-order valence-electron chi connectivity index (χ0n) is 15.3. The number of nitrogens with zero attached hydrogens (tertiary/aromatic N) is 6. The van der Waals surface area contributed by atoms with Gasteiger partial charge in [0.15, 0.2) is 17.3 Å². The van der Waals surface area contributed by atoms with E-state index in [1.165, 1.54) is 18.3 Å². The zero-order chi connectivity index (χ0) is 19.6. The molecule has 0 amide bonds. The van der Waals surface area contributed by atoms with E-state index in [0.29, 0.717) is 29.1 Å². The normalized spacial score (nSPS) is 12.3. The highest BCUT2D eigenvalue weighted by Gasteiger charge is 2.22. The van der Waals surface area contributed by atoms with Gasteiger partial charge in [-0.3, -0.25) is 15.5 Å². The van der Waals surface area contributed by atoms with Gasteiger partial charge >= 0.3 is 0 Å². The van der Waals surface area contributed by atoms with Crippen molar-refractivity contribution >= 4 is 29.5 Å². The summed E-state index contributed by atoms with van der Waals surface area (Å²) in [6.45, 7) is 0.0346. The predicted molar refractivity (Wildman–Crippen MR) is 101 cm³/mol. The molecule has 0 radical (unpaired) electrons. The number of ether oxygens (including phenoxy) is 2. The Morgan fingerprint density at radius 3 is 2.48 bits per heavy atom. The van der Waals surface area contributed by atoms with Crippen LogP contribution in [0.25, 0.3) is 0 Å². The number of fused-ring (bicyclic) bond motifs is 1. The van der Waals surface area contributed by atoms with E-state index >= 15 is 0 Å². The highest BCUT2D eigenvalue weighted by molar-refractivity contribution is 5.87. The average Bonchev–Trinajstić information content (AvgIpc) is 3.08. The summed E-state index contributed by atoms with van der Waals surface area (Å²) in [7, 11) is 7.39. The smallest absolute Gasteiger partial charge is 0.282 e. The summed E-state index contributed by atoms with van der Waals surface area (Å²) < 4.78 is 10.4. The maximum Gasteiger partial charge on any atom is 0.282 e. The van der Waals surface area contributed by atoms with Crippen molar-refractivity contribution in [2.24, 2.45) is 5.10 Å². The molecule has 0 saturated heterocycles. The largest absolute Gasteiger partial charge is 0.454 e. The van der Waals surface area contributed by atoms with Gasteiger partial charge in [-0.25, -0.2) is 0 Å². The van der Waals surface area contributed by atoms with Crippen LogP contribution in [-0.2, 0) is 0 Å². The summed E-state index contributed by atoms with van der Waals surface area (Å²) >= 11 is 0. The van der Waals surface area contributed by atoms with Gasteiger partial charge < -0.3 is 19.3 Å². The fourth-order valence-corrected chi connectivity index (χ4v) is 2.28. The minimum Gasteiger partial charge on any atom is -0.454 e. The molecule has 0 aliphatic carbocycles. The van der Waals surface area contributed by atoms with Crippen LogP contribution >= 0.6 is 0 Å². The Hall–Kier alpha value is -3.63. The SMILES string of the molecule is CN(C)c1cc(N/N=C\c2cc3c(cc2[N+](=O)[O-])OCO3)nc(N(C)C)n1. The van der Waals surface area contributed by atoms with E-state index in [9.17, 15) is 10.1 Å². The lowest BCUT2D eigenvalue weighted by molar-refractivity contribution is -0.385.